The van der Waals surface area contributed by atoms with Gasteiger partial charge in [0.05, 0.1) is 13.7 Å². The summed E-state index contributed by atoms with van der Waals surface area (Å²) < 4.78 is 18.3. The van der Waals surface area contributed by atoms with Crippen LogP contribution in [0.5, 0.6) is 5.75 Å². The Morgan fingerprint density at radius 1 is 0.914 bits per heavy atom. The van der Waals surface area contributed by atoms with Crippen LogP contribution < -0.4 is 15.4 Å². The molecule has 0 aliphatic carbocycles. The maximum atomic E-state index is 13.3. The van der Waals surface area contributed by atoms with Gasteiger partial charge in [-0.2, -0.15) is 0 Å². The zero-order valence-electron chi connectivity index (χ0n) is 19.2. The van der Waals surface area contributed by atoms with Gasteiger partial charge in [0.15, 0.2) is 0 Å². The molecule has 0 bridgehead atoms. The standard InChI is InChI=1S/C27H26FN3O4/c1-35-24-14-12-23(13-15-24)30-25(32)17-29-26(33)19-31(18-21-7-10-22(28)11-8-21)27(34)16-9-20-5-3-2-4-6-20/h2-16H,17-19H2,1H3,(H,29,33)(H,30,32). The van der Waals surface area contributed by atoms with Crippen molar-refractivity contribution >= 4 is 29.5 Å². The van der Waals surface area contributed by atoms with Crippen molar-refractivity contribution in [2.75, 3.05) is 25.5 Å². The van der Waals surface area contributed by atoms with Crippen molar-refractivity contribution in [3.8, 4) is 5.75 Å². The smallest absolute Gasteiger partial charge is 0.247 e. The highest BCUT2D eigenvalue weighted by Crippen LogP contribution is 2.14. The van der Waals surface area contributed by atoms with Crippen LogP contribution in [0.3, 0.4) is 0 Å². The van der Waals surface area contributed by atoms with Gasteiger partial charge in [-0.1, -0.05) is 42.5 Å². The van der Waals surface area contributed by atoms with E-state index in [0.717, 1.165) is 5.56 Å². The molecule has 7 nitrogen and oxygen atoms in total. The fourth-order valence-corrected chi connectivity index (χ4v) is 3.15. The van der Waals surface area contributed by atoms with Crippen molar-refractivity contribution < 1.29 is 23.5 Å². The van der Waals surface area contributed by atoms with Crippen LogP contribution >= 0.6 is 0 Å². The molecule has 0 radical (unpaired) electrons. The number of rotatable bonds is 10. The number of anilines is 1. The molecule has 0 aromatic heterocycles. The molecule has 0 saturated carbocycles. The van der Waals surface area contributed by atoms with Crippen molar-refractivity contribution in [1.29, 1.82) is 0 Å². The third kappa shape index (κ3) is 8.43. The first kappa shape index (κ1) is 25.2. The van der Waals surface area contributed by atoms with Crippen molar-refractivity contribution in [2.24, 2.45) is 0 Å². The van der Waals surface area contributed by atoms with E-state index in [1.54, 1.807) is 49.6 Å². The van der Waals surface area contributed by atoms with Gasteiger partial charge in [-0.25, -0.2) is 4.39 Å². The summed E-state index contributed by atoms with van der Waals surface area (Å²) in [5, 5.41) is 5.20. The highest BCUT2D eigenvalue weighted by molar-refractivity contribution is 5.97. The number of nitrogens with one attached hydrogen (secondary N) is 2. The number of carbonyl (C=O) groups is 3. The third-order valence-electron chi connectivity index (χ3n) is 4.97. The molecule has 8 heteroatoms. The molecule has 0 aliphatic heterocycles. The Morgan fingerprint density at radius 2 is 1.60 bits per heavy atom. The number of halogens is 1. The first-order chi connectivity index (χ1) is 16.9. The number of ether oxygens (including phenoxy) is 1. The van der Waals surface area contributed by atoms with Crippen molar-refractivity contribution in [3.05, 3.63) is 102 Å². The quantitative estimate of drug-likeness (QED) is 0.439. The summed E-state index contributed by atoms with van der Waals surface area (Å²) in [6.07, 6.45) is 3.03. The molecule has 35 heavy (non-hydrogen) atoms. The Kier molecular flexibility index (Phi) is 9.13. The van der Waals surface area contributed by atoms with Crippen LogP contribution in [-0.2, 0) is 20.9 Å². The largest absolute Gasteiger partial charge is 0.497 e. The van der Waals surface area contributed by atoms with E-state index in [1.807, 2.05) is 30.3 Å². The first-order valence-electron chi connectivity index (χ1n) is 10.9. The molecule has 3 amide bonds. The summed E-state index contributed by atoms with van der Waals surface area (Å²) in [7, 11) is 1.55. The van der Waals surface area contributed by atoms with Crippen LogP contribution in [0.2, 0.25) is 0 Å². The lowest BCUT2D eigenvalue weighted by Gasteiger charge is -2.21. The lowest BCUT2D eigenvalue weighted by Crippen LogP contribution is -2.42. The van der Waals surface area contributed by atoms with Gasteiger partial charge in [0.1, 0.15) is 18.1 Å². The SMILES string of the molecule is COc1ccc(NC(=O)CNC(=O)CN(Cc2ccc(F)cc2)C(=O)C=Cc2ccccc2)cc1. The second kappa shape index (κ2) is 12.7. The molecule has 3 aromatic rings. The van der Waals surface area contributed by atoms with E-state index >= 15 is 0 Å². The number of amides is 3. The van der Waals surface area contributed by atoms with Crippen LogP contribution in [-0.4, -0.2) is 42.8 Å². The van der Waals surface area contributed by atoms with Crippen LogP contribution in [0, 0.1) is 5.82 Å². The maximum Gasteiger partial charge on any atom is 0.247 e. The van der Waals surface area contributed by atoms with Crippen molar-refractivity contribution in [3.63, 3.8) is 0 Å². The molecule has 180 valence electrons. The van der Waals surface area contributed by atoms with Crippen LogP contribution in [0.15, 0.2) is 84.9 Å². The Hall–Kier alpha value is -4.46. The van der Waals surface area contributed by atoms with E-state index in [-0.39, 0.29) is 19.6 Å². The molecule has 3 aromatic carbocycles. The average molecular weight is 476 g/mol. The molecule has 0 spiro atoms. The highest BCUT2D eigenvalue weighted by atomic mass is 19.1. The van der Waals surface area contributed by atoms with E-state index in [1.165, 1.54) is 23.1 Å². The van der Waals surface area contributed by atoms with Crippen molar-refractivity contribution in [1.82, 2.24) is 10.2 Å². The second-order valence-electron chi connectivity index (χ2n) is 7.62. The summed E-state index contributed by atoms with van der Waals surface area (Å²) in [6, 6.07) is 21.7. The molecule has 0 unspecified atom stereocenters. The number of nitrogens with zero attached hydrogens (tertiary/aromatic N) is 1. The maximum absolute atomic E-state index is 13.3. The Bertz CT molecular complexity index is 1160. The molecule has 3 rings (SSSR count). The second-order valence-corrected chi connectivity index (χ2v) is 7.62. The number of benzene rings is 3. The summed E-state index contributed by atoms with van der Waals surface area (Å²) >= 11 is 0. The van der Waals surface area contributed by atoms with Crippen LogP contribution in [0.1, 0.15) is 11.1 Å². The summed E-state index contributed by atoms with van der Waals surface area (Å²) in [4.78, 5) is 38.9. The first-order valence-corrected chi connectivity index (χ1v) is 10.9. The summed E-state index contributed by atoms with van der Waals surface area (Å²) in [6.45, 7) is -0.432. The average Bonchev–Trinajstić information content (AvgIpc) is 2.88. The zero-order valence-corrected chi connectivity index (χ0v) is 19.2. The van der Waals surface area contributed by atoms with Gasteiger partial charge in [-0.3, -0.25) is 14.4 Å². The van der Waals surface area contributed by atoms with E-state index < -0.39 is 23.5 Å². The van der Waals surface area contributed by atoms with Gasteiger partial charge < -0.3 is 20.3 Å². The normalized spacial score (nSPS) is 10.6. The monoisotopic (exact) mass is 475 g/mol. The van der Waals surface area contributed by atoms with E-state index in [9.17, 15) is 18.8 Å². The lowest BCUT2D eigenvalue weighted by atomic mass is 10.2. The predicted octanol–water partition coefficient (Wildman–Crippen LogP) is 3.63. The van der Waals surface area contributed by atoms with E-state index in [2.05, 4.69) is 10.6 Å². The third-order valence-corrected chi connectivity index (χ3v) is 4.97. The topological polar surface area (TPSA) is 87.7 Å². The van der Waals surface area contributed by atoms with Gasteiger partial charge in [-0.05, 0) is 53.6 Å². The molecule has 0 heterocycles. The number of methoxy groups -OCH3 is 1. The summed E-state index contributed by atoms with van der Waals surface area (Å²) in [5.41, 5.74) is 2.06. The fourth-order valence-electron chi connectivity index (χ4n) is 3.15. The van der Waals surface area contributed by atoms with Gasteiger partial charge in [0, 0.05) is 18.3 Å². The Balaban J connectivity index is 1.59. The minimum Gasteiger partial charge on any atom is -0.497 e. The molecule has 0 fully saturated rings. The Labute approximate surface area is 203 Å². The minimum atomic E-state index is -0.501. The lowest BCUT2D eigenvalue weighted by molar-refractivity contribution is -0.133. The van der Waals surface area contributed by atoms with Crippen LogP contribution in [0.4, 0.5) is 10.1 Å². The van der Waals surface area contributed by atoms with Gasteiger partial charge in [0.25, 0.3) is 0 Å². The van der Waals surface area contributed by atoms with E-state index in [4.69, 9.17) is 4.74 Å². The highest BCUT2D eigenvalue weighted by Gasteiger charge is 2.17. The Morgan fingerprint density at radius 3 is 2.26 bits per heavy atom. The van der Waals surface area contributed by atoms with Gasteiger partial charge in [-0.15, -0.1) is 0 Å². The molecule has 0 atom stereocenters. The number of carbonyl (C=O) groups excluding carboxylic acids is 3. The van der Waals surface area contributed by atoms with Crippen molar-refractivity contribution in [2.45, 2.75) is 6.54 Å². The summed E-state index contributed by atoms with van der Waals surface area (Å²) in [5.74, 6) is -1.04. The molecule has 0 aliphatic rings. The van der Waals surface area contributed by atoms with Gasteiger partial charge in [0.2, 0.25) is 17.7 Å². The minimum absolute atomic E-state index is 0.101. The number of hydrogen-bond donors (Lipinski definition) is 2. The predicted molar refractivity (Wildman–Crippen MR) is 132 cm³/mol. The molecule has 2 N–H and O–H groups in total. The zero-order chi connectivity index (χ0) is 25.0. The molecular formula is C27H26FN3O4. The van der Waals surface area contributed by atoms with Gasteiger partial charge >= 0.3 is 0 Å². The number of hydrogen-bond acceptors (Lipinski definition) is 4. The van der Waals surface area contributed by atoms with E-state index in [0.29, 0.717) is 17.0 Å². The molecular weight excluding hydrogens is 449 g/mol. The molecule has 0 saturated heterocycles. The fraction of sp³-hybridized carbons (Fsp3) is 0.148. The van der Waals surface area contributed by atoms with Crippen LogP contribution in [0.25, 0.3) is 6.08 Å².